The number of hydrogen-bond donors (Lipinski definition) is 1. The van der Waals surface area contributed by atoms with E-state index in [9.17, 15) is 0 Å². The molecule has 1 aromatic rings. The van der Waals surface area contributed by atoms with E-state index >= 15 is 0 Å². The highest BCUT2D eigenvalue weighted by Crippen LogP contribution is 2.00. The van der Waals surface area contributed by atoms with E-state index < -0.39 is 0 Å². The highest BCUT2D eigenvalue weighted by atomic mass is 15.3. The van der Waals surface area contributed by atoms with Crippen molar-refractivity contribution < 1.29 is 0 Å². The van der Waals surface area contributed by atoms with E-state index in [2.05, 4.69) is 37.4 Å². The Morgan fingerprint density at radius 2 is 2.38 bits per heavy atom. The highest BCUT2D eigenvalue weighted by molar-refractivity contribution is 4.99. The summed E-state index contributed by atoms with van der Waals surface area (Å²) < 4.78 is 2.01. The van der Waals surface area contributed by atoms with Gasteiger partial charge in [0.25, 0.3) is 0 Å². The number of nitrogens with zero attached hydrogens (tertiary/aromatic N) is 2. The second-order valence-corrected chi connectivity index (χ2v) is 3.65. The minimum atomic E-state index is 0.638. The molecule has 0 fully saturated rings. The van der Waals surface area contributed by atoms with Crippen LogP contribution in [0.5, 0.6) is 0 Å². The summed E-state index contributed by atoms with van der Waals surface area (Å²) in [5.41, 5.74) is 1.23. The topological polar surface area (TPSA) is 29.9 Å². The van der Waals surface area contributed by atoms with Crippen molar-refractivity contribution in [3.8, 4) is 0 Å². The van der Waals surface area contributed by atoms with Crippen molar-refractivity contribution in [1.29, 1.82) is 0 Å². The maximum Gasteiger partial charge on any atom is 0.0518 e. The van der Waals surface area contributed by atoms with Crippen molar-refractivity contribution in [3.63, 3.8) is 0 Å². The smallest absolute Gasteiger partial charge is 0.0518 e. The van der Waals surface area contributed by atoms with Crippen LogP contribution in [0.2, 0.25) is 0 Å². The first-order valence-corrected chi connectivity index (χ1v) is 4.92. The zero-order chi connectivity index (χ0) is 9.68. The van der Waals surface area contributed by atoms with E-state index in [4.69, 9.17) is 0 Å². The highest BCUT2D eigenvalue weighted by Gasteiger charge is 2.02. The second kappa shape index (κ2) is 5.02. The first-order chi connectivity index (χ1) is 6.22. The summed E-state index contributed by atoms with van der Waals surface area (Å²) >= 11 is 0. The van der Waals surface area contributed by atoms with Crippen LogP contribution in [-0.2, 0) is 6.54 Å². The van der Waals surface area contributed by atoms with Crippen LogP contribution in [-0.4, -0.2) is 22.9 Å². The lowest BCUT2D eigenvalue weighted by molar-refractivity contribution is 0.426. The van der Waals surface area contributed by atoms with Crippen LogP contribution < -0.4 is 5.32 Å². The third kappa shape index (κ3) is 3.59. The SMILES string of the molecule is CCNCC(C)Cn1cc(C)cn1. The summed E-state index contributed by atoms with van der Waals surface area (Å²) in [4.78, 5) is 0. The van der Waals surface area contributed by atoms with E-state index in [0.717, 1.165) is 19.6 Å². The molecule has 0 aromatic carbocycles. The fourth-order valence-corrected chi connectivity index (χ4v) is 1.34. The Morgan fingerprint density at radius 3 is 2.92 bits per heavy atom. The lowest BCUT2D eigenvalue weighted by Crippen LogP contribution is -2.23. The molecule has 0 saturated heterocycles. The Bertz CT molecular complexity index is 242. The van der Waals surface area contributed by atoms with E-state index in [1.54, 1.807) is 0 Å². The average Bonchev–Trinajstić information content (AvgIpc) is 2.48. The maximum absolute atomic E-state index is 4.25. The van der Waals surface area contributed by atoms with Crippen LogP contribution in [0, 0.1) is 12.8 Å². The van der Waals surface area contributed by atoms with Gasteiger partial charge in [-0.2, -0.15) is 5.10 Å². The second-order valence-electron chi connectivity index (χ2n) is 3.65. The zero-order valence-electron chi connectivity index (χ0n) is 8.75. The Kier molecular flexibility index (Phi) is 3.96. The van der Waals surface area contributed by atoms with Gasteiger partial charge in [0.2, 0.25) is 0 Å². The number of aryl methyl sites for hydroxylation is 1. The molecule has 0 amide bonds. The number of rotatable bonds is 5. The fourth-order valence-electron chi connectivity index (χ4n) is 1.34. The number of aromatic nitrogens is 2. The Balaban J connectivity index is 2.31. The molecular weight excluding hydrogens is 162 g/mol. The first-order valence-electron chi connectivity index (χ1n) is 4.92. The van der Waals surface area contributed by atoms with Crippen LogP contribution in [0.15, 0.2) is 12.4 Å². The molecule has 1 N–H and O–H groups in total. The lowest BCUT2D eigenvalue weighted by Gasteiger charge is -2.11. The van der Waals surface area contributed by atoms with Gasteiger partial charge in [0.1, 0.15) is 0 Å². The molecule has 3 heteroatoms. The summed E-state index contributed by atoms with van der Waals surface area (Å²) in [6.07, 6.45) is 3.99. The summed E-state index contributed by atoms with van der Waals surface area (Å²) in [6.45, 7) is 9.54. The maximum atomic E-state index is 4.25. The molecule has 1 unspecified atom stereocenters. The monoisotopic (exact) mass is 181 g/mol. The fraction of sp³-hybridized carbons (Fsp3) is 0.700. The molecule has 0 aliphatic carbocycles. The Labute approximate surface area is 80.1 Å². The van der Waals surface area contributed by atoms with Crippen molar-refractivity contribution in [3.05, 3.63) is 18.0 Å². The average molecular weight is 181 g/mol. The zero-order valence-corrected chi connectivity index (χ0v) is 8.75. The standard InChI is InChI=1S/C10H19N3/c1-4-11-5-9(2)7-13-8-10(3)6-12-13/h6,8-9,11H,4-5,7H2,1-3H3. The molecule has 3 nitrogen and oxygen atoms in total. The van der Waals surface area contributed by atoms with E-state index in [1.165, 1.54) is 5.56 Å². The van der Waals surface area contributed by atoms with Crippen molar-refractivity contribution in [1.82, 2.24) is 15.1 Å². The molecule has 0 saturated carbocycles. The number of hydrogen-bond acceptors (Lipinski definition) is 2. The predicted octanol–water partition coefficient (Wildman–Crippen LogP) is 1.44. The third-order valence-electron chi connectivity index (χ3n) is 2.00. The van der Waals surface area contributed by atoms with E-state index in [1.807, 2.05) is 10.9 Å². The minimum absolute atomic E-state index is 0.638. The number of nitrogens with one attached hydrogen (secondary N) is 1. The molecule has 0 spiro atoms. The van der Waals surface area contributed by atoms with Crippen molar-refractivity contribution in [2.45, 2.75) is 27.3 Å². The summed E-state index contributed by atoms with van der Waals surface area (Å²) in [7, 11) is 0. The summed E-state index contributed by atoms with van der Waals surface area (Å²) in [5, 5.41) is 7.59. The van der Waals surface area contributed by atoms with Crippen LogP contribution in [0.3, 0.4) is 0 Å². The molecule has 74 valence electrons. The normalized spacial score (nSPS) is 13.2. The molecule has 0 bridgehead atoms. The quantitative estimate of drug-likeness (QED) is 0.745. The first kappa shape index (κ1) is 10.3. The minimum Gasteiger partial charge on any atom is -0.317 e. The lowest BCUT2D eigenvalue weighted by atomic mass is 10.2. The van der Waals surface area contributed by atoms with Crippen LogP contribution in [0.25, 0.3) is 0 Å². The Hall–Kier alpha value is -0.830. The molecular formula is C10H19N3. The van der Waals surface area contributed by atoms with Gasteiger partial charge in [-0.25, -0.2) is 0 Å². The molecule has 0 radical (unpaired) electrons. The van der Waals surface area contributed by atoms with Gasteiger partial charge in [-0.05, 0) is 31.5 Å². The van der Waals surface area contributed by atoms with Crippen LogP contribution >= 0.6 is 0 Å². The molecule has 0 aliphatic heterocycles. The van der Waals surface area contributed by atoms with Gasteiger partial charge in [-0.15, -0.1) is 0 Å². The molecule has 1 atom stereocenters. The van der Waals surface area contributed by atoms with Gasteiger partial charge >= 0.3 is 0 Å². The van der Waals surface area contributed by atoms with Crippen molar-refractivity contribution in [2.24, 2.45) is 5.92 Å². The molecule has 0 aliphatic rings. The van der Waals surface area contributed by atoms with Gasteiger partial charge in [0.05, 0.1) is 6.20 Å². The molecule has 13 heavy (non-hydrogen) atoms. The molecule has 1 heterocycles. The summed E-state index contributed by atoms with van der Waals surface area (Å²) in [6, 6.07) is 0. The van der Waals surface area contributed by atoms with Gasteiger partial charge in [-0.1, -0.05) is 13.8 Å². The van der Waals surface area contributed by atoms with Crippen LogP contribution in [0.1, 0.15) is 19.4 Å². The Morgan fingerprint density at radius 1 is 1.62 bits per heavy atom. The molecule has 1 rings (SSSR count). The summed E-state index contributed by atoms with van der Waals surface area (Å²) in [5.74, 6) is 0.638. The van der Waals surface area contributed by atoms with Gasteiger partial charge in [-0.3, -0.25) is 4.68 Å². The van der Waals surface area contributed by atoms with E-state index in [-0.39, 0.29) is 0 Å². The van der Waals surface area contributed by atoms with Crippen molar-refractivity contribution in [2.75, 3.05) is 13.1 Å². The third-order valence-corrected chi connectivity index (χ3v) is 2.00. The van der Waals surface area contributed by atoms with E-state index in [0.29, 0.717) is 5.92 Å². The molecule has 1 aromatic heterocycles. The van der Waals surface area contributed by atoms with Crippen LogP contribution in [0.4, 0.5) is 0 Å². The van der Waals surface area contributed by atoms with Crippen molar-refractivity contribution >= 4 is 0 Å². The van der Waals surface area contributed by atoms with Gasteiger partial charge in [0, 0.05) is 12.7 Å². The predicted molar refractivity (Wildman–Crippen MR) is 54.7 cm³/mol. The largest absolute Gasteiger partial charge is 0.317 e. The van der Waals surface area contributed by atoms with Gasteiger partial charge < -0.3 is 5.32 Å². The van der Waals surface area contributed by atoms with Gasteiger partial charge in [0.15, 0.2) is 0 Å².